The van der Waals surface area contributed by atoms with Crippen LogP contribution in [0, 0.1) is 12.8 Å². The molecule has 1 amide bonds. The second-order valence-electron chi connectivity index (χ2n) is 4.93. The Morgan fingerprint density at radius 2 is 1.75 bits per heavy atom. The van der Waals surface area contributed by atoms with Gasteiger partial charge in [-0.3, -0.25) is 4.79 Å². The van der Waals surface area contributed by atoms with E-state index in [9.17, 15) is 4.79 Å². The smallest absolute Gasteiger partial charge is 0.251 e. The fourth-order valence-corrected chi connectivity index (χ4v) is 1.81. The van der Waals surface area contributed by atoms with Crippen LogP contribution in [0.2, 0.25) is 0 Å². The predicted molar refractivity (Wildman–Crippen MR) is 77.5 cm³/mol. The molecule has 0 aliphatic heterocycles. The lowest BCUT2D eigenvalue weighted by atomic mass is 10.0. The summed E-state index contributed by atoms with van der Waals surface area (Å²) in [6, 6.07) is 3.25. The third-order valence-corrected chi connectivity index (χ3v) is 3.51. The number of methoxy groups -OCH3 is 2. The number of carbonyl (C=O) groups excluding carboxylic acids is 1. The Labute approximate surface area is 119 Å². The van der Waals surface area contributed by atoms with Crippen molar-refractivity contribution >= 4 is 5.91 Å². The molecular weight excluding hydrogens is 258 g/mol. The highest BCUT2D eigenvalue weighted by Gasteiger charge is 2.17. The van der Waals surface area contributed by atoms with E-state index in [1.807, 2.05) is 20.8 Å². The molecule has 1 aromatic carbocycles. The molecule has 0 saturated carbocycles. The van der Waals surface area contributed by atoms with Crippen LogP contribution in [0.1, 0.15) is 29.8 Å². The molecule has 20 heavy (non-hydrogen) atoms. The molecule has 0 saturated heterocycles. The summed E-state index contributed by atoms with van der Waals surface area (Å²) < 4.78 is 10.5. The molecule has 0 aliphatic carbocycles. The van der Waals surface area contributed by atoms with Crippen molar-refractivity contribution in [1.82, 2.24) is 5.32 Å². The van der Waals surface area contributed by atoms with Crippen molar-refractivity contribution in [1.29, 1.82) is 0 Å². The van der Waals surface area contributed by atoms with Crippen molar-refractivity contribution in [2.45, 2.75) is 26.8 Å². The van der Waals surface area contributed by atoms with Crippen molar-refractivity contribution in [3.63, 3.8) is 0 Å². The lowest BCUT2D eigenvalue weighted by Gasteiger charge is -2.20. The van der Waals surface area contributed by atoms with Crippen molar-refractivity contribution in [3.8, 4) is 11.5 Å². The molecule has 0 fully saturated rings. The van der Waals surface area contributed by atoms with Crippen molar-refractivity contribution < 1.29 is 19.4 Å². The van der Waals surface area contributed by atoms with Crippen LogP contribution in [-0.4, -0.2) is 37.9 Å². The van der Waals surface area contributed by atoms with E-state index in [-0.39, 0.29) is 24.5 Å². The Balaban J connectivity index is 2.98. The van der Waals surface area contributed by atoms with Crippen LogP contribution in [0.5, 0.6) is 11.5 Å². The van der Waals surface area contributed by atoms with Crippen LogP contribution in [-0.2, 0) is 0 Å². The van der Waals surface area contributed by atoms with E-state index in [4.69, 9.17) is 14.6 Å². The van der Waals surface area contributed by atoms with Gasteiger partial charge in [0.15, 0.2) is 0 Å². The first-order chi connectivity index (χ1) is 9.44. The summed E-state index contributed by atoms with van der Waals surface area (Å²) in [5, 5.41) is 12.0. The lowest BCUT2D eigenvalue weighted by molar-refractivity contribution is 0.0915. The second-order valence-corrected chi connectivity index (χ2v) is 4.93. The summed E-state index contributed by atoms with van der Waals surface area (Å²) in [7, 11) is 3.11. The summed E-state index contributed by atoms with van der Waals surface area (Å²) in [5.41, 5.74) is 1.32. The molecule has 5 heteroatoms. The highest BCUT2D eigenvalue weighted by atomic mass is 16.5. The maximum Gasteiger partial charge on any atom is 0.251 e. The molecule has 5 nitrogen and oxygen atoms in total. The highest BCUT2D eigenvalue weighted by Crippen LogP contribution is 2.29. The normalized spacial score (nSPS) is 13.5. The van der Waals surface area contributed by atoms with Gasteiger partial charge in [0, 0.05) is 23.8 Å². The number of hydrogen-bond donors (Lipinski definition) is 2. The van der Waals surface area contributed by atoms with Crippen LogP contribution in [0.15, 0.2) is 12.1 Å². The fourth-order valence-electron chi connectivity index (χ4n) is 1.81. The maximum atomic E-state index is 12.2. The number of aliphatic hydroxyl groups excluding tert-OH is 1. The Morgan fingerprint density at radius 1 is 1.25 bits per heavy atom. The molecule has 1 rings (SSSR count). The van der Waals surface area contributed by atoms with Crippen LogP contribution in [0.4, 0.5) is 0 Å². The molecule has 2 N–H and O–H groups in total. The first-order valence-corrected chi connectivity index (χ1v) is 6.58. The highest BCUT2D eigenvalue weighted by molar-refractivity contribution is 5.95. The largest absolute Gasteiger partial charge is 0.496 e. The average Bonchev–Trinajstić information content (AvgIpc) is 2.46. The monoisotopic (exact) mass is 281 g/mol. The number of benzene rings is 1. The van der Waals surface area contributed by atoms with Gasteiger partial charge < -0.3 is 19.9 Å². The minimum absolute atomic E-state index is 0.00631. The molecular formula is C15H23NO4. The second kappa shape index (κ2) is 7.14. The number of nitrogens with one attached hydrogen (secondary N) is 1. The quantitative estimate of drug-likeness (QED) is 0.833. The van der Waals surface area contributed by atoms with Crippen LogP contribution in [0.3, 0.4) is 0 Å². The van der Waals surface area contributed by atoms with Gasteiger partial charge in [0.1, 0.15) is 11.5 Å². The van der Waals surface area contributed by atoms with Gasteiger partial charge in [-0.05, 0) is 31.9 Å². The van der Waals surface area contributed by atoms with Crippen LogP contribution < -0.4 is 14.8 Å². The minimum Gasteiger partial charge on any atom is -0.496 e. The predicted octanol–water partition coefficient (Wildman–Crippen LogP) is 1.76. The van der Waals surface area contributed by atoms with Crippen LogP contribution >= 0.6 is 0 Å². The molecule has 1 aromatic rings. The molecule has 0 spiro atoms. The zero-order valence-electron chi connectivity index (χ0n) is 12.7. The Morgan fingerprint density at radius 3 is 2.15 bits per heavy atom. The Bertz CT molecular complexity index is 448. The number of aliphatic hydroxyl groups is 1. The molecule has 0 heterocycles. The third-order valence-electron chi connectivity index (χ3n) is 3.51. The van der Waals surface area contributed by atoms with Gasteiger partial charge in [0.2, 0.25) is 0 Å². The fraction of sp³-hybridized carbons (Fsp3) is 0.533. The Kier molecular flexibility index (Phi) is 5.82. The molecule has 0 aromatic heterocycles. The van der Waals surface area contributed by atoms with Crippen LogP contribution in [0.25, 0.3) is 0 Å². The molecule has 2 unspecified atom stereocenters. The molecule has 0 aliphatic rings. The standard InChI is InChI=1S/C15H23NO4/c1-9(8-17)11(3)16-15(18)12-6-13(19-4)10(2)14(7-12)20-5/h6-7,9,11,17H,8H2,1-5H3,(H,16,18). The van der Waals surface area contributed by atoms with Gasteiger partial charge in [-0.1, -0.05) is 6.92 Å². The zero-order chi connectivity index (χ0) is 15.3. The zero-order valence-corrected chi connectivity index (χ0v) is 12.7. The van der Waals surface area contributed by atoms with E-state index in [0.29, 0.717) is 17.1 Å². The van der Waals surface area contributed by atoms with Gasteiger partial charge in [0.25, 0.3) is 5.91 Å². The van der Waals surface area contributed by atoms with Gasteiger partial charge >= 0.3 is 0 Å². The molecule has 0 bridgehead atoms. The van der Waals surface area contributed by atoms with Gasteiger partial charge in [-0.2, -0.15) is 0 Å². The Hall–Kier alpha value is -1.75. The van der Waals surface area contributed by atoms with Gasteiger partial charge in [0.05, 0.1) is 14.2 Å². The number of carbonyl (C=O) groups is 1. The topological polar surface area (TPSA) is 67.8 Å². The van der Waals surface area contributed by atoms with E-state index in [1.54, 1.807) is 26.4 Å². The van der Waals surface area contributed by atoms with E-state index >= 15 is 0 Å². The van der Waals surface area contributed by atoms with E-state index < -0.39 is 0 Å². The number of ether oxygens (including phenoxy) is 2. The average molecular weight is 281 g/mol. The van der Waals surface area contributed by atoms with Crippen molar-refractivity contribution in [2.24, 2.45) is 5.92 Å². The number of amides is 1. The SMILES string of the molecule is COc1cc(C(=O)NC(C)C(C)CO)cc(OC)c1C. The van der Waals surface area contributed by atoms with Gasteiger partial charge in [-0.25, -0.2) is 0 Å². The first-order valence-electron chi connectivity index (χ1n) is 6.58. The number of hydrogen-bond acceptors (Lipinski definition) is 4. The van der Waals surface area contributed by atoms with Gasteiger partial charge in [-0.15, -0.1) is 0 Å². The van der Waals surface area contributed by atoms with E-state index in [1.165, 1.54) is 0 Å². The van der Waals surface area contributed by atoms with E-state index in [0.717, 1.165) is 5.56 Å². The molecule has 112 valence electrons. The first kappa shape index (κ1) is 16.3. The summed E-state index contributed by atoms with van der Waals surface area (Å²) >= 11 is 0. The summed E-state index contributed by atoms with van der Waals surface area (Å²) in [6.45, 7) is 5.64. The maximum absolute atomic E-state index is 12.2. The van der Waals surface area contributed by atoms with E-state index in [2.05, 4.69) is 5.32 Å². The van der Waals surface area contributed by atoms with Crippen molar-refractivity contribution in [3.05, 3.63) is 23.3 Å². The van der Waals surface area contributed by atoms with Crippen molar-refractivity contribution in [2.75, 3.05) is 20.8 Å². The summed E-state index contributed by atoms with van der Waals surface area (Å²) in [6.07, 6.45) is 0. The third kappa shape index (κ3) is 3.63. The molecule has 2 atom stereocenters. The minimum atomic E-state index is -0.214. The summed E-state index contributed by atoms with van der Waals surface area (Å²) in [5.74, 6) is 0.998. The lowest BCUT2D eigenvalue weighted by Crippen LogP contribution is -2.38. The summed E-state index contributed by atoms with van der Waals surface area (Å²) in [4.78, 5) is 12.2. The molecule has 0 radical (unpaired) electrons. The number of rotatable bonds is 6.